The molecule has 2 rings (SSSR count). The van der Waals surface area contributed by atoms with Gasteiger partial charge in [0.1, 0.15) is 5.75 Å². The molecule has 3 heteroatoms. The Morgan fingerprint density at radius 3 is 2.60 bits per heavy atom. The van der Waals surface area contributed by atoms with Gasteiger partial charge in [-0.15, -0.1) is 0 Å². The minimum absolute atomic E-state index is 0.0813. The smallest absolute Gasteiger partial charge is 0.263 e. The molecule has 0 spiro atoms. The molecule has 0 saturated heterocycles. The van der Waals surface area contributed by atoms with Gasteiger partial charge in [-0.05, 0) is 50.8 Å². The number of nitrogens with zero attached hydrogens (tertiary/aromatic N) is 1. The van der Waals surface area contributed by atoms with Gasteiger partial charge in [-0.1, -0.05) is 25.0 Å². The summed E-state index contributed by atoms with van der Waals surface area (Å²) in [4.78, 5) is 14.3. The Morgan fingerprint density at radius 1 is 1.30 bits per heavy atom. The molecule has 1 aliphatic rings. The molecule has 1 atom stereocenters. The summed E-state index contributed by atoms with van der Waals surface area (Å²) in [5, 5.41) is 0. The van der Waals surface area contributed by atoms with E-state index in [-0.39, 0.29) is 5.91 Å². The maximum absolute atomic E-state index is 12.4. The molecule has 1 saturated carbocycles. The molecule has 3 nitrogen and oxygen atoms in total. The zero-order valence-corrected chi connectivity index (χ0v) is 13.0. The lowest BCUT2D eigenvalue weighted by Crippen LogP contribution is -2.42. The molecular weight excluding hydrogens is 250 g/mol. The molecule has 0 heterocycles. The SMILES string of the molecule is Cc1ccc(C)c(O[C@@H](C)C(=O)N(C)C2CCCC2)c1. The van der Waals surface area contributed by atoms with Gasteiger partial charge in [-0.2, -0.15) is 0 Å². The van der Waals surface area contributed by atoms with Crippen LogP contribution in [0.15, 0.2) is 18.2 Å². The highest BCUT2D eigenvalue weighted by molar-refractivity contribution is 5.81. The van der Waals surface area contributed by atoms with Crippen LogP contribution in [0.3, 0.4) is 0 Å². The Balaban J connectivity index is 2.01. The van der Waals surface area contributed by atoms with Gasteiger partial charge in [0, 0.05) is 13.1 Å². The topological polar surface area (TPSA) is 29.5 Å². The number of hydrogen-bond acceptors (Lipinski definition) is 2. The molecule has 0 aliphatic heterocycles. The zero-order chi connectivity index (χ0) is 14.7. The molecule has 0 bridgehead atoms. The highest BCUT2D eigenvalue weighted by Crippen LogP contribution is 2.24. The quantitative estimate of drug-likeness (QED) is 0.842. The van der Waals surface area contributed by atoms with Gasteiger partial charge in [-0.25, -0.2) is 0 Å². The Morgan fingerprint density at radius 2 is 1.95 bits per heavy atom. The Hall–Kier alpha value is -1.51. The van der Waals surface area contributed by atoms with Crippen LogP contribution in [-0.2, 0) is 4.79 Å². The van der Waals surface area contributed by atoms with Crippen LogP contribution in [0.25, 0.3) is 0 Å². The number of rotatable bonds is 4. The lowest BCUT2D eigenvalue weighted by molar-refractivity contribution is -0.138. The number of likely N-dealkylation sites (N-methyl/N-ethyl adjacent to an activating group) is 1. The van der Waals surface area contributed by atoms with E-state index in [1.807, 2.05) is 44.9 Å². The van der Waals surface area contributed by atoms with Gasteiger partial charge >= 0.3 is 0 Å². The van der Waals surface area contributed by atoms with Crippen molar-refractivity contribution in [2.45, 2.75) is 58.6 Å². The fourth-order valence-electron chi connectivity index (χ4n) is 2.83. The van der Waals surface area contributed by atoms with Gasteiger partial charge in [0.2, 0.25) is 0 Å². The summed E-state index contributed by atoms with van der Waals surface area (Å²) >= 11 is 0. The van der Waals surface area contributed by atoms with E-state index in [4.69, 9.17) is 4.74 Å². The third-order valence-corrected chi connectivity index (χ3v) is 4.22. The van der Waals surface area contributed by atoms with Crippen molar-refractivity contribution in [3.8, 4) is 5.75 Å². The van der Waals surface area contributed by atoms with Crippen molar-refractivity contribution < 1.29 is 9.53 Å². The van der Waals surface area contributed by atoms with E-state index in [9.17, 15) is 4.79 Å². The third kappa shape index (κ3) is 3.33. The second-order valence-corrected chi connectivity index (χ2v) is 5.92. The van der Waals surface area contributed by atoms with Crippen molar-refractivity contribution in [1.82, 2.24) is 4.90 Å². The van der Waals surface area contributed by atoms with E-state index < -0.39 is 6.10 Å². The summed E-state index contributed by atoms with van der Waals surface area (Å²) in [6.45, 7) is 5.88. The molecule has 1 fully saturated rings. The van der Waals surface area contributed by atoms with Crippen molar-refractivity contribution in [2.24, 2.45) is 0 Å². The van der Waals surface area contributed by atoms with Crippen LogP contribution in [0.2, 0.25) is 0 Å². The minimum atomic E-state index is -0.430. The van der Waals surface area contributed by atoms with Crippen LogP contribution in [0.4, 0.5) is 0 Å². The van der Waals surface area contributed by atoms with Crippen molar-refractivity contribution in [3.05, 3.63) is 29.3 Å². The maximum atomic E-state index is 12.4. The average molecular weight is 275 g/mol. The van der Waals surface area contributed by atoms with Crippen LogP contribution in [0, 0.1) is 13.8 Å². The number of ether oxygens (including phenoxy) is 1. The van der Waals surface area contributed by atoms with E-state index in [2.05, 4.69) is 6.07 Å². The molecule has 0 unspecified atom stereocenters. The minimum Gasteiger partial charge on any atom is -0.481 e. The molecule has 1 aromatic rings. The average Bonchev–Trinajstić information content (AvgIpc) is 2.95. The van der Waals surface area contributed by atoms with E-state index in [0.29, 0.717) is 6.04 Å². The molecule has 0 aromatic heterocycles. The fraction of sp³-hybridized carbons (Fsp3) is 0.588. The Bertz CT molecular complexity index is 478. The van der Waals surface area contributed by atoms with Crippen LogP contribution < -0.4 is 4.74 Å². The zero-order valence-electron chi connectivity index (χ0n) is 13.0. The first-order valence-corrected chi connectivity index (χ1v) is 7.49. The van der Waals surface area contributed by atoms with Crippen molar-refractivity contribution in [1.29, 1.82) is 0 Å². The summed E-state index contributed by atoms with van der Waals surface area (Å²) in [5.41, 5.74) is 2.22. The second-order valence-electron chi connectivity index (χ2n) is 5.92. The Labute approximate surface area is 121 Å². The fourth-order valence-corrected chi connectivity index (χ4v) is 2.83. The van der Waals surface area contributed by atoms with Crippen LogP contribution in [0.5, 0.6) is 5.75 Å². The van der Waals surface area contributed by atoms with E-state index in [1.54, 1.807) is 0 Å². The summed E-state index contributed by atoms with van der Waals surface area (Å²) < 4.78 is 5.88. The van der Waals surface area contributed by atoms with Crippen LogP contribution in [0.1, 0.15) is 43.7 Å². The molecule has 1 amide bonds. The summed E-state index contributed by atoms with van der Waals surface area (Å²) in [6.07, 6.45) is 4.28. The molecule has 0 N–H and O–H groups in total. The summed E-state index contributed by atoms with van der Waals surface area (Å²) in [6, 6.07) is 6.48. The first kappa shape index (κ1) is 14.9. The number of benzene rings is 1. The molecule has 20 heavy (non-hydrogen) atoms. The van der Waals surface area contributed by atoms with Crippen LogP contribution >= 0.6 is 0 Å². The molecular formula is C17H25NO2. The number of carbonyl (C=O) groups excluding carboxylic acids is 1. The van der Waals surface area contributed by atoms with Crippen LogP contribution in [-0.4, -0.2) is 30.0 Å². The van der Waals surface area contributed by atoms with Gasteiger partial charge in [0.25, 0.3) is 5.91 Å². The highest BCUT2D eigenvalue weighted by atomic mass is 16.5. The van der Waals surface area contributed by atoms with Gasteiger partial charge in [0.05, 0.1) is 0 Å². The molecule has 1 aromatic carbocycles. The molecule has 1 aliphatic carbocycles. The standard InChI is InChI=1S/C17H25NO2/c1-12-9-10-13(2)16(11-12)20-14(3)17(19)18(4)15-7-5-6-8-15/h9-11,14-15H,5-8H2,1-4H3/t14-/m0/s1. The number of aryl methyl sites for hydroxylation is 2. The molecule has 110 valence electrons. The lowest BCUT2D eigenvalue weighted by Gasteiger charge is -2.27. The van der Waals surface area contributed by atoms with Crippen molar-refractivity contribution >= 4 is 5.91 Å². The number of carbonyl (C=O) groups is 1. The lowest BCUT2D eigenvalue weighted by atomic mass is 10.1. The number of hydrogen-bond donors (Lipinski definition) is 0. The monoisotopic (exact) mass is 275 g/mol. The van der Waals surface area contributed by atoms with Gasteiger partial charge in [-0.3, -0.25) is 4.79 Å². The Kier molecular flexibility index (Phi) is 4.69. The van der Waals surface area contributed by atoms with E-state index >= 15 is 0 Å². The number of amides is 1. The second kappa shape index (κ2) is 6.29. The van der Waals surface area contributed by atoms with Crippen molar-refractivity contribution in [3.63, 3.8) is 0 Å². The summed E-state index contributed by atoms with van der Waals surface area (Å²) in [7, 11) is 1.90. The third-order valence-electron chi connectivity index (χ3n) is 4.22. The largest absolute Gasteiger partial charge is 0.481 e. The van der Waals surface area contributed by atoms with E-state index in [1.165, 1.54) is 12.8 Å². The predicted molar refractivity (Wildman–Crippen MR) is 81.0 cm³/mol. The van der Waals surface area contributed by atoms with Gasteiger partial charge in [0.15, 0.2) is 6.10 Å². The normalized spacial score (nSPS) is 17.0. The maximum Gasteiger partial charge on any atom is 0.263 e. The highest BCUT2D eigenvalue weighted by Gasteiger charge is 2.27. The van der Waals surface area contributed by atoms with E-state index in [0.717, 1.165) is 29.7 Å². The summed E-state index contributed by atoms with van der Waals surface area (Å²) in [5.74, 6) is 0.892. The first-order valence-electron chi connectivity index (χ1n) is 7.49. The first-order chi connectivity index (χ1) is 9.49. The van der Waals surface area contributed by atoms with Gasteiger partial charge < -0.3 is 9.64 Å². The predicted octanol–water partition coefficient (Wildman–Crippen LogP) is 3.47. The molecule has 0 radical (unpaired) electrons. The van der Waals surface area contributed by atoms with Crippen molar-refractivity contribution in [2.75, 3.05) is 7.05 Å².